The molecule has 0 atom stereocenters. The molecule has 0 spiro atoms. The fourth-order valence-corrected chi connectivity index (χ4v) is 3.06. The van der Waals surface area contributed by atoms with Crippen LogP contribution >= 0.6 is 0 Å². The lowest BCUT2D eigenvalue weighted by Gasteiger charge is -2.45. The monoisotopic (exact) mass is 277 g/mol. The van der Waals surface area contributed by atoms with Crippen molar-refractivity contribution < 1.29 is 9.47 Å². The first-order chi connectivity index (χ1) is 9.67. The number of anilines is 2. The summed E-state index contributed by atoms with van der Waals surface area (Å²) in [5.41, 5.74) is 14.9. The van der Waals surface area contributed by atoms with Crippen LogP contribution in [0.15, 0.2) is 18.2 Å². The summed E-state index contributed by atoms with van der Waals surface area (Å²) in [5.74, 6) is 0. The summed E-state index contributed by atoms with van der Waals surface area (Å²) in [6.45, 7) is 6.33. The number of morpholine rings is 1. The number of nitrogens with two attached hydrogens (primary N) is 2. The van der Waals surface area contributed by atoms with Gasteiger partial charge in [0.2, 0.25) is 0 Å². The second-order valence-corrected chi connectivity index (χ2v) is 6.02. The predicted molar refractivity (Wildman–Crippen MR) is 79.5 cm³/mol. The summed E-state index contributed by atoms with van der Waals surface area (Å²) in [4.78, 5) is 2.47. The molecule has 1 aromatic rings. The molecule has 2 aliphatic rings. The molecular formula is C15H23N3O2. The summed E-state index contributed by atoms with van der Waals surface area (Å²) in [7, 11) is 0. The Labute approximate surface area is 119 Å². The highest BCUT2D eigenvalue weighted by molar-refractivity contribution is 5.55. The summed E-state index contributed by atoms with van der Waals surface area (Å²) >= 11 is 0. The molecule has 0 bridgehead atoms. The molecule has 4 N–H and O–H groups in total. The van der Waals surface area contributed by atoms with Crippen LogP contribution in [0.2, 0.25) is 0 Å². The molecule has 0 saturated carbocycles. The van der Waals surface area contributed by atoms with Gasteiger partial charge in [0.25, 0.3) is 0 Å². The number of ether oxygens (including phenoxy) is 2. The van der Waals surface area contributed by atoms with Gasteiger partial charge in [-0.2, -0.15) is 0 Å². The molecule has 2 heterocycles. The van der Waals surface area contributed by atoms with E-state index in [0.717, 1.165) is 69.4 Å². The Kier molecular flexibility index (Phi) is 3.83. The van der Waals surface area contributed by atoms with Crippen molar-refractivity contribution in [3.05, 3.63) is 23.8 Å². The van der Waals surface area contributed by atoms with Crippen molar-refractivity contribution in [3.8, 4) is 0 Å². The third kappa shape index (κ3) is 2.90. The van der Waals surface area contributed by atoms with Crippen LogP contribution in [0.25, 0.3) is 0 Å². The Morgan fingerprint density at radius 1 is 1.10 bits per heavy atom. The quantitative estimate of drug-likeness (QED) is 0.794. The van der Waals surface area contributed by atoms with Crippen LogP contribution in [0.1, 0.15) is 5.56 Å². The molecule has 0 aromatic heterocycles. The first kappa shape index (κ1) is 13.7. The van der Waals surface area contributed by atoms with E-state index in [0.29, 0.717) is 0 Å². The van der Waals surface area contributed by atoms with E-state index >= 15 is 0 Å². The van der Waals surface area contributed by atoms with Crippen LogP contribution < -0.4 is 11.5 Å². The molecule has 0 unspecified atom stereocenters. The third-order valence-corrected chi connectivity index (χ3v) is 4.21. The van der Waals surface area contributed by atoms with E-state index in [2.05, 4.69) is 4.90 Å². The van der Waals surface area contributed by atoms with Gasteiger partial charge in [-0.1, -0.05) is 0 Å². The van der Waals surface area contributed by atoms with Crippen LogP contribution in [0.4, 0.5) is 11.4 Å². The molecule has 2 fully saturated rings. The minimum atomic E-state index is 0.180. The molecule has 5 heteroatoms. The molecule has 20 heavy (non-hydrogen) atoms. The van der Waals surface area contributed by atoms with Crippen LogP contribution in [-0.4, -0.2) is 51.0 Å². The molecule has 1 aromatic carbocycles. The van der Waals surface area contributed by atoms with Crippen molar-refractivity contribution in [2.24, 2.45) is 5.41 Å². The summed E-state index contributed by atoms with van der Waals surface area (Å²) in [6, 6.07) is 5.74. The topological polar surface area (TPSA) is 73.7 Å². The molecule has 0 radical (unpaired) electrons. The van der Waals surface area contributed by atoms with Crippen molar-refractivity contribution in [2.75, 3.05) is 57.5 Å². The Bertz CT molecular complexity index is 468. The predicted octanol–water partition coefficient (Wildman–Crippen LogP) is 0.742. The van der Waals surface area contributed by atoms with Gasteiger partial charge in [-0.3, -0.25) is 4.90 Å². The average Bonchev–Trinajstić information content (AvgIpc) is 2.41. The van der Waals surface area contributed by atoms with E-state index in [9.17, 15) is 0 Å². The van der Waals surface area contributed by atoms with E-state index in [-0.39, 0.29) is 5.41 Å². The van der Waals surface area contributed by atoms with Crippen molar-refractivity contribution >= 4 is 11.4 Å². The maximum atomic E-state index is 6.08. The van der Waals surface area contributed by atoms with Crippen molar-refractivity contribution in [3.63, 3.8) is 0 Å². The highest BCUT2D eigenvalue weighted by Gasteiger charge is 2.40. The number of nitrogen functional groups attached to an aromatic ring is 2. The fourth-order valence-electron chi connectivity index (χ4n) is 3.06. The maximum absolute atomic E-state index is 6.08. The van der Waals surface area contributed by atoms with Crippen molar-refractivity contribution in [1.29, 1.82) is 0 Å². The number of rotatable bonds is 4. The molecule has 0 aliphatic carbocycles. The van der Waals surface area contributed by atoms with Crippen molar-refractivity contribution in [2.45, 2.75) is 6.42 Å². The molecular weight excluding hydrogens is 254 g/mol. The van der Waals surface area contributed by atoms with Crippen LogP contribution in [0.5, 0.6) is 0 Å². The lowest BCUT2D eigenvalue weighted by Crippen LogP contribution is -2.54. The second-order valence-electron chi connectivity index (χ2n) is 6.02. The molecule has 3 rings (SSSR count). The zero-order valence-electron chi connectivity index (χ0n) is 11.8. The van der Waals surface area contributed by atoms with Gasteiger partial charge in [-0.25, -0.2) is 0 Å². The van der Waals surface area contributed by atoms with Crippen molar-refractivity contribution in [1.82, 2.24) is 4.90 Å². The Morgan fingerprint density at radius 2 is 1.85 bits per heavy atom. The molecule has 0 amide bonds. The minimum Gasteiger partial charge on any atom is -0.399 e. The number of nitrogens with zero attached hydrogens (tertiary/aromatic N) is 1. The van der Waals surface area contributed by atoms with Gasteiger partial charge >= 0.3 is 0 Å². The van der Waals surface area contributed by atoms with Gasteiger partial charge in [0.15, 0.2) is 0 Å². The maximum Gasteiger partial charge on any atom is 0.0594 e. The third-order valence-electron chi connectivity index (χ3n) is 4.21. The summed E-state index contributed by atoms with van der Waals surface area (Å²) in [5, 5.41) is 0. The van der Waals surface area contributed by atoms with E-state index in [1.165, 1.54) is 0 Å². The number of hydrogen-bond donors (Lipinski definition) is 2. The molecule has 110 valence electrons. The molecule has 2 aliphatic heterocycles. The first-order valence-electron chi connectivity index (χ1n) is 7.19. The number of hydrogen-bond acceptors (Lipinski definition) is 5. The second kappa shape index (κ2) is 5.60. The zero-order chi connectivity index (χ0) is 14.0. The van der Waals surface area contributed by atoms with Gasteiger partial charge in [0.1, 0.15) is 0 Å². The Hall–Kier alpha value is -1.30. The molecule has 5 nitrogen and oxygen atoms in total. The highest BCUT2D eigenvalue weighted by Crippen LogP contribution is 2.35. The lowest BCUT2D eigenvalue weighted by atomic mass is 9.78. The van der Waals surface area contributed by atoms with E-state index in [1.807, 2.05) is 18.2 Å². The van der Waals surface area contributed by atoms with Gasteiger partial charge in [0.05, 0.1) is 26.4 Å². The lowest BCUT2D eigenvalue weighted by molar-refractivity contribution is -0.132. The zero-order valence-corrected chi connectivity index (χ0v) is 11.8. The van der Waals surface area contributed by atoms with E-state index in [1.54, 1.807) is 0 Å². The smallest absolute Gasteiger partial charge is 0.0594 e. The van der Waals surface area contributed by atoms with Gasteiger partial charge in [-0.05, 0) is 30.2 Å². The number of benzene rings is 1. The van der Waals surface area contributed by atoms with Gasteiger partial charge in [-0.15, -0.1) is 0 Å². The standard InChI is InChI=1S/C15H23N3O2/c16-13-1-2-14(17)12(7-13)8-15(10-20-11-15)9-18-3-5-19-6-4-18/h1-2,7H,3-6,8-11,16-17H2. The highest BCUT2D eigenvalue weighted by atomic mass is 16.5. The normalized spacial score (nSPS) is 22.4. The SMILES string of the molecule is Nc1ccc(N)c(CC2(CN3CCOCC3)COC2)c1. The van der Waals surface area contributed by atoms with Crippen LogP contribution in [0, 0.1) is 5.41 Å². The average molecular weight is 277 g/mol. The van der Waals surface area contributed by atoms with E-state index in [4.69, 9.17) is 20.9 Å². The summed E-state index contributed by atoms with van der Waals surface area (Å²) in [6.07, 6.45) is 0.932. The van der Waals surface area contributed by atoms with Crippen LogP contribution in [-0.2, 0) is 15.9 Å². The fraction of sp³-hybridized carbons (Fsp3) is 0.600. The Morgan fingerprint density at radius 3 is 2.50 bits per heavy atom. The van der Waals surface area contributed by atoms with Gasteiger partial charge < -0.3 is 20.9 Å². The summed E-state index contributed by atoms with van der Waals surface area (Å²) < 4.78 is 10.9. The Balaban J connectivity index is 1.70. The van der Waals surface area contributed by atoms with Gasteiger partial charge in [0, 0.05) is 36.4 Å². The largest absolute Gasteiger partial charge is 0.399 e. The minimum absolute atomic E-state index is 0.180. The van der Waals surface area contributed by atoms with Crippen LogP contribution in [0.3, 0.4) is 0 Å². The first-order valence-corrected chi connectivity index (χ1v) is 7.19. The van der Waals surface area contributed by atoms with E-state index < -0.39 is 0 Å². The molecule has 2 saturated heterocycles.